The van der Waals surface area contributed by atoms with Crippen molar-refractivity contribution in [3.8, 4) is 16.9 Å². The average molecular weight is 427 g/mol. The SMILES string of the molecule is COc1cccc(C2(NC(=O)c3cccc(-c4ccc5n[nH]c(C)c5c4)c3)CCNC2)c1. The van der Waals surface area contributed by atoms with Gasteiger partial charge in [-0.1, -0.05) is 30.3 Å². The molecule has 6 nitrogen and oxygen atoms in total. The summed E-state index contributed by atoms with van der Waals surface area (Å²) in [5.41, 5.74) is 5.25. The van der Waals surface area contributed by atoms with Crippen LogP contribution in [-0.4, -0.2) is 36.3 Å². The second-order valence-electron chi connectivity index (χ2n) is 8.36. The minimum absolute atomic E-state index is 0.0843. The molecule has 1 aliphatic rings. The van der Waals surface area contributed by atoms with Crippen LogP contribution < -0.4 is 15.4 Å². The molecule has 2 heterocycles. The maximum absolute atomic E-state index is 13.4. The molecule has 1 aromatic heterocycles. The van der Waals surface area contributed by atoms with Crippen molar-refractivity contribution in [3.05, 3.63) is 83.6 Å². The highest BCUT2D eigenvalue weighted by Gasteiger charge is 2.37. The Kier molecular flexibility index (Phi) is 5.15. The number of ether oxygens (including phenoxy) is 1. The van der Waals surface area contributed by atoms with Crippen LogP contribution in [0, 0.1) is 6.92 Å². The number of hydrogen-bond acceptors (Lipinski definition) is 4. The maximum atomic E-state index is 13.4. The van der Waals surface area contributed by atoms with E-state index in [9.17, 15) is 4.79 Å². The Labute approximate surface area is 187 Å². The number of methoxy groups -OCH3 is 1. The summed E-state index contributed by atoms with van der Waals surface area (Å²) in [6.07, 6.45) is 0.821. The van der Waals surface area contributed by atoms with E-state index in [1.807, 2.05) is 61.5 Å². The van der Waals surface area contributed by atoms with Crippen LogP contribution in [0.15, 0.2) is 66.7 Å². The lowest BCUT2D eigenvalue weighted by Crippen LogP contribution is -2.47. The Balaban J connectivity index is 1.45. The summed E-state index contributed by atoms with van der Waals surface area (Å²) in [7, 11) is 1.66. The first-order valence-corrected chi connectivity index (χ1v) is 10.8. The van der Waals surface area contributed by atoms with Crippen LogP contribution in [-0.2, 0) is 5.54 Å². The summed E-state index contributed by atoms with van der Waals surface area (Å²) in [6.45, 7) is 3.54. The number of aryl methyl sites for hydroxylation is 1. The Morgan fingerprint density at radius 1 is 1.06 bits per heavy atom. The number of aromatic nitrogens is 2. The number of amides is 1. The van der Waals surface area contributed by atoms with Crippen molar-refractivity contribution in [2.24, 2.45) is 0 Å². The Bertz CT molecular complexity index is 1290. The Morgan fingerprint density at radius 3 is 2.72 bits per heavy atom. The van der Waals surface area contributed by atoms with E-state index in [4.69, 9.17) is 4.74 Å². The molecule has 0 radical (unpaired) electrons. The monoisotopic (exact) mass is 426 g/mol. The van der Waals surface area contributed by atoms with Crippen molar-refractivity contribution in [3.63, 3.8) is 0 Å². The Morgan fingerprint density at radius 2 is 1.91 bits per heavy atom. The maximum Gasteiger partial charge on any atom is 0.252 e. The number of H-pyrrole nitrogens is 1. The fraction of sp³-hybridized carbons (Fsp3) is 0.231. The molecule has 5 rings (SSSR count). The van der Waals surface area contributed by atoms with Crippen LogP contribution >= 0.6 is 0 Å². The van der Waals surface area contributed by atoms with E-state index in [1.165, 1.54) is 0 Å². The molecule has 1 amide bonds. The summed E-state index contributed by atoms with van der Waals surface area (Å²) in [4.78, 5) is 13.4. The lowest BCUT2D eigenvalue weighted by atomic mass is 9.88. The molecule has 1 unspecified atom stereocenters. The predicted molar refractivity (Wildman–Crippen MR) is 126 cm³/mol. The van der Waals surface area contributed by atoms with Gasteiger partial charge in [0.15, 0.2) is 0 Å². The van der Waals surface area contributed by atoms with Gasteiger partial charge in [-0.15, -0.1) is 0 Å². The van der Waals surface area contributed by atoms with E-state index < -0.39 is 5.54 Å². The molecule has 3 N–H and O–H groups in total. The van der Waals surface area contributed by atoms with E-state index >= 15 is 0 Å². The lowest BCUT2D eigenvalue weighted by Gasteiger charge is -2.30. The number of aromatic amines is 1. The van der Waals surface area contributed by atoms with Gasteiger partial charge in [-0.3, -0.25) is 9.89 Å². The van der Waals surface area contributed by atoms with Crippen molar-refractivity contribution in [2.75, 3.05) is 20.2 Å². The van der Waals surface area contributed by atoms with Gasteiger partial charge in [0.05, 0.1) is 18.2 Å². The molecular weight excluding hydrogens is 400 g/mol. The van der Waals surface area contributed by atoms with Crippen LogP contribution in [0.1, 0.15) is 28.0 Å². The second-order valence-corrected chi connectivity index (χ2v) is 8.36. The number of hydrogen-bond donors (Lipinski definition) is 3. The average Bonchev–Trinajstić information content (AvgIpc) is 3.46. The largest absolute Gasteiger partial charge is 0.497 e. The zero-order valence-corrected chi connectivity index (χ0v) is 18.2. The van der Waals surface area contributed by atoms with Crippen LogP contribution in [0.2, 0.25) is 0 Å². The first-order valence-electron chi connectivity index (χ1n) is 10.8. The molecule has 0 aliphatic carbocycles. The van der Waals surface area contributed by atoms with Gasteiger partial charge in [-0.05, 0) is 73.0 Å². The van der Waals surface area contributed by atoms with E-state index in [1.54, 1.807) is 7.11 Å². The van der Waals surface area contributed by atoms with Gasteiger partial charge in [0, 0.05) is 23.2 Å². The van der Waals surface area contributed by atoms with Gasteiger partial charge in [0.2, 0.25) is 0 Å². The number of nitrogens with zero attached hydrogens (tertiary/aromatic N) is 1. The van der Waals surface area contributed by atoms with E-state index in [2.05, 4.69) is 33.0 Å². The molecule has 0 saturated carbocycles. The summed E-state index contributed by atoms with van der Waals surface area (Å²) in [5, 5.41) is 15.1. The van der Waals surface area contributed by atoms with Gasteiger partial charge in [0.1, 0.15) is 5.75 Å². The van der Waals surface area contributed by atoms with E-state index in [0.717, 1.165) is 52.0 Å². The third-order valence-electron chi connectivity index (χ3n) is 6.33. The molecule has 1 fully saturated rings. The number of carbonyl (C=O) groups is 1. The molecule has 0 spiro atoms. The van der Waals surface area contributed by atoms with Gasteiger partial charge < -0.3 is 15.4 Å². The molecule has 6 heteroatoms. The van der Waals surface area contributed by atoms with E-state index in [-0.39, 0.29) is 5.91 Å². The van der Waals surface area contributed by atoms with Crippen LogP contribution in [0.3, 0.4) is 0 Å². The number of benzene rings is 3. The van der Waals surface area contributed by atoms with E-state index in [0.29, 0.717) is 12.1 Å². The highest BCUT2D eigenvalue weighted by Crippen LogP contribution is 2.31. The van der Waals surface area contributed by atoms with Crippen molar-refractivity contribution in [1.82, 2.24) is 20.8 Å². The third-order valence-corrected chi connectivity index (χ3v) is 6.33. The lowest BCUT2D eigenvalue weighted by molar-refractivity contribution is 0.0904. The molecule has 1 saturated heterocycles. The fourth-order valence-corrected chi connectivity index (χ4v) is 4.49. The normalized spacial score (nSPS) is 18.1. The minimum atomic E-state index is -0.464. The Hall–Kier alpha value is -3.64. The molecular formula is C26H26N4O2. The third kappa shape index (κ3) is 3.63. The van der Waals surface area contributed by atoms with Crippen LogP contribution in [0.5, 0.6) is 5.75 Å². The quantitative estimate of drug-likeness (QED) is 0.448. The number of rotatable bonds is 5. The molecule has 162 valence electrons. The summed E-state index contributed by atoms with van der Waals surface area (Å²) in [5.74, 6) is 0.703. The first-order chi connectivity index (χ1) is 15.6. The first kappa shape index (κ1) is 20.3. The van der Waals surface area contributed by atoms with Gasteiger partial charge in [0.25, 0.3) is 5.91 Å². The highest BCUT2D eigenvalue weighted by molar-refractivity contribution is 5.96. The zero-order valence-electron chi connectivity index (χ0n) is 18.2. The van der Waals surface area contributed by atoms with Crippen LogP contribution in [0.25, 0.3) is 22.0 Å². The van der Waals surface area contributed by atoms with Crippen molar-refractivity contribution in [1.29, 1.82) is 0 Å². The smallest absolute Gasteiger partial charge is 0.252 e. The van der Waals surface area contributed by atoms with Crippen LogP contribution in [0.4, 0.5) is 0 Å². The van der Waals surface area contributed by atoms with Gasteiger partial charge in [-0.25, -0.2) is 0 Å². The van der Waals surface area contributed by atoms with Crippen molar-refractivity contribution < 1.29 is 9.53 Å². The topological polar surface area (TPSA) is 79.0 Å². The summed E-state index contributed by atoms with van der Waals surface area (Å²) in [6, 6.07) is 21.9. The fourth-order valence-electron chi connectivity index (χ4n) is 4.49. The second kappa shape index (κ2) is 8.13. The van der Waals surface area contributed by atoms with Crippen molar-refractivity contribution in [2.45, 2.75) is 18.9 Å². The summed E-state index contributed by atoms with van der Waals surface area (Å²) >= 11 is 0. The molecule has 32 heavy (non-hydrogen) atoms. The van der Waals surface area contributed by atoms with Gasteiger partial charge >= 0.3 is 0 Å². The number of nitrogens with one attached hydrogen (secondary N) is 3. The summed E-state index contributed by atoms with van der Waals surface area (Å²) < 4.78 is 5.41. The molecule has 4 aromatic rings. The van der Waals surface area contributed by atoms with Gasteiger partial charge in [-0.2, -0.15) is 5.10 Å². The number of fused-ring (bicyclic) bond motifs is 1. The zero-order chi connectivity index (χ0) is 22.1. The molecule has 1 atom stereocenters. The molecule has 0 bridgehead atoms. The van der Waals surface area contributed by atoms with Crippen molar-refractivity contribution >= 4 is 16.8 Å². The molecule has 1 aliphatic heterocycles. The number of carbonyl (C=O) groups excluding carboxylic acids is 1. The molecule has 3 aromatic carbocycles. The minimum Gasteiger partial charge on any atom is -0.497 e. The predicted octanol–water partition coefficient (Wildman–Crippen LogP) is 4.17. The highest BCUT2D eigenvalue weighted by atomic mass is 16.5. The standard InChI is InChI=1S/C26H26N4O2/c1-17-23-14-19(9-10-24(23)30-29-17)18-5-3-6-20(13-18)25(31)28-26(11-12-27-16-26)21-7-4-8-22(15-21)32-2/h3-10,13-15,27H,11-12,16H2,1-2H3,(H,28,31)(H,29,30).